The summed E-state index contributed by atoms with van der Waals surface area (Å²) in [6.07, 6.45) is 10.1. The number of nitrogens with zero attached hydrogens (tertiary/aromatic N) is 8. The lowest BCUT2D eigenvalue weighted by molar-refractivity contribution is 0.179. The predicted molar refractivity (Wildman–Crippen MR) is 199 cm³/mol. The van der Waals surface area contributed by atoms with Crippen LogP contribution in [0.15, 0.2) is 73.3 Å². The van der Waals surface area contributed by atoms with Crippen molar-refractivity contribution in [2.45, 2.75) is 51.7 Å². The lowest BCUT2D eigenvalue weighted by Crippen LogP contribution is -1.96. The van der Waals surface area contributed by atoms with E-state index in [9.17, 15) is 10.2 Å². The molecule has 6 aromatic heterocycles. The molecule has 0 fully saturated rings. The molecule has 10 rings (SSSR count). The Balaban J connectivity index is 0.000000138. The maximum atomic E-state index is 10.2. The fourth-order valence-corrected chi connectivity index (χ4v) is 7.84. The minimum atomic E-state index is -0.367. The molecule has 8 aromatic rings. The fourth-order valence-electron chi connectivity index (χ4n) is 7.84. The summed E-state index contributed by atoms with van der Waals surface area (Å²) in [7, 11) is 3.78. The van der Waals surface area contributed by atoms with Gasteiger partial charge in [-0.25, -0.2) is 9.97 Å². The second-order valence-corrected chi connectivity index (χ2v) is 13.9. The van der Waals surface area contributed by atoms with Gasteiger partial charge < -0.3 is 10.2 Å². The van der Waals surface area contributed by atoms with Crippen molar-refractivity contribution in [3.63, 3.8) is 0 Å². The van der Waals surface area contributed by atoms with Gasteiger partial charge in [0.15, 0.2) is 0 Å². The molecule has 2 aliphatic carbocycles. The molecule has 2 aromatic carbocycles. The molecule has 2 unspecified atom stereocenters. The highest BCUT2D eigenvalue weighted by Gasteiger charge is 2.26. The number of aliphatic hydroxyl groups is 2. The molecule has 0 bridgehead atoms. The summed E-state index contributed by atoms with van der Waals surface area (Å²) in [4.78, 5) is 9.96. The van der Waals surface area contributed by atoms with Gasteiger partial charge in [0.2, 0.25) is 0 Å². The van der Waals surface area contributed by atoms with Gasteiger partial charge in [-0.15, -0.1) is 0 Å². The molecular weight excluding hydrogens is 653 g/mol. The second-order valence-electron chi connectivity index (χ2n) is 13.9. The van der Waals surface area contributed by atoms with E-state index in [1.807, 2.05) is 50.8 Å². The molecule has 2 atom stereocenters. The average molecular weight is 691 g/mol. The molecule has 52 heavy (non-hydrogen) atoms. The number of aryl methyl sites for hydroxylation is 4. The van der Waals surface area contributed by atoms with Crippen LogP contribution in [-0.4, -0.2) is 60.1 Å². The topological polar surface area (TPSA) is 159 Å². The third kappa shape index (κ3) is 5.30. The van der Waals surface area contributed by atoms with Crippen LogP contribution in [0.4, 0.5) is 0 Å². The Morgan fingerprint density at radius 2 is 1.08 bits per heavy atom. The average Bonchev–Trinajstić information content (AvgIpc) is 4.00. The zero-order valence-corrected chi connectivity index (χ0v) is 29.4. The zero-order valence-electron chi connectivity index (χ0n) is 29.4. The first kappa shape index (κ1) is 32.0. The number of pyridine rings is 2. The number of benzene rings is 2. The van der Waals surface area contributed by atoms with Crippen LogP contribution < -0.4 is 0 Å². The highest BCUT2D eigenvalue weighted by atomic mass is 16.3. The molecule has 0 radical (unpaired) electrons. The van der Waals surface area contributed by atoms with Gasteiger partial charge in [-0.1, -0.05) is 36.4 Å². The highest BCUT2D eigenvalue weighted by molar-refractivity contribution is 5.93. The molecule has 0 amide bonds. The van der Waals surface area contributed by atoms with Crippen molar-refractivity contribution < 1.29 is 10.2 Å². The van der Waals surface area contributed by atoms with E-state index in [0.717, 1.165) is 115 Å². The molecule has 0 saturated heterocycles. The summed E-state index contributed by atoms with van der Waals surface area (Å²) in [5, 5.41) is 44.0. The van der Waals surface area contributed by atoms with Crippen LogP contribution in [0, 0.1) is 13.8 Å². The summed E-state index contributed by atoms with van der Waals surface area (Å²) in [5.41, 5.74) is 17.8. The largest absolute Gasteiger partial charge is 0.388 e. The van der Waals surface area contributed by atoms with Crippen LogP contribution in [0.1, 0.15) is 58.4 Å². The van der Waals surface area contributed by atoms with Gasteiger partial charge in [0.05, 0.1) is 47.0 Å². The van der Waals surface area contributed by atoms with Crippen molar-refractivity contribution in [1.82, 2.24) is 49.9 Å². The molecule has 0 aliphatic heterocycles. The van der Waals surface area contributed by atoms with E-state index in [0.29, 0.717) is 0 Å². The first-order chi connectivity index (χ1) is 25.2. The Hall–Kier alpha value is -5.98. The molecule has 6 heterocycles. The SMILES string of the molecule is Cc1cc2[nH]nc(-c3cnn(C)c3)c2nc1-c1cccc2c1CCC2O.Cc1cc2[nH]nc(-c3cnn(C)c3)c2nc1-c1cccc2c1CCC2O. The third-order valence-electron chi connectivity index (χ3n) is 10.4. The van der Waals surface area contributed by atoms with Crippen LogP contribution >= 0.6 is 0 Å². The van der Waals surface area contributed by atoms with Crippen molar-refractivity contribution in [1.29, 1.82) is 0 Å². The summed E-state index contributed by atoms with van der Waals surface area (Å²) in [6, 6.07) is 16.4. The molecule has 0 spiro atoms. The summed E-state index contributed by atoms with van der Waals surface area (Å²) >= 11 is 0. The Morgan fingerprint density at radius 1 is 0.635 bits per heavy atom. The van der Waals surface area contributed by atoms with Gasteiger partial charge in [0.25, 0.3) is 0 Å². The number of H-pyrrole nitrogens is 2. The van der Waals surface area contributed by atoms with Gasteiger partial charge in [0, 0.05) is 48.7 Å². The van der Waals surface area contributed by atoms with E-state index in [1.54, 1.807) is 21.8 Å². The second kappa shape index (κ2) is 12.4. The molecule has 4 N–H and O–H groups in total. The maximum absolute atomic E-state index is 10.2. The first-order valence-corrected chi connectivity index (χ1v) is 17.5. The van der Waals surface area contributed by atoms with E-state index >= 15 is 0 Å². The fraction of sp³-hybridized carbons (Fsp3) is 0.250. The lowest BCUT2D eigenvalue weighted by atomic mass is 9.97. The van der Waals surface area contributed by atoms with E-state index in [4.69, 9.17) is 9.97 Å². The van der Waals surface area contributed by atoms with Crippen molar-refractivity contribution in [2.75, 3.05) is 0 Å². The molecule has 12 nitrogen and oxygen atoms in total. The number of rotatable bonds is 4. The number of aromatic amines is 2. The van der Waals surface area contributed by atoms with E-state index < -0.39 is 0 Å². The van der Waals surface area contributed by atoms with Crippen LogP contribution in [0.25, 0.3) is 67.1 Å². The van der Waals surface area contributed by atoms with Gasteiger partial charge in [-0.05, 0) is 85.0 Å². The summed E-state index contributed by atoms with van der Waals surface area (Å²) < 4.78 is 3.52. The Labute approximate surface area is 299 Å². The van der Waals surface area contributed by atoms with Gasteiger partial charge in [-0.2, -0.15) is 20.4 Å². The molecule has 12 heteroatoms. The number of aromatic nitrogens is 10. The number of aliphatic hydroxyl groups excluding tert-OH is 2. The Morgan fingerprint density at radius 3 is 1.48 bits per heavy atom. The zero-order chi connectivity index (χ0) is 35.7. The van der Waals surface area contributed by atoms with E-state index in [2.05, 4.69) is 68.7 Å². The van der Waals surface area contributed by atoms with Gasteiger partial charge in [-0.3, -0.25) is 19.6 Å². The van der Waals surface area contributed by atoms with Crippen molar-refractivity contribution >= 4 is 22.1 Å². The van der Waals surface area contributed by atoms with Crippen LogP contribution in [0.5, 0.6) is 0 Å². The quantitative estimate of drug-likeness (QED) is 0.160. The summed E-state index contributed by atoms with van der Waals surface area (Å²) in [6.45, 7) is 4.13. The van der Waals surface area contributed by atoms with E-state index in [1.165, 1.54) is 11.1 Å². The summed E-state index contributed by atoms with van der Waals surface area (Å²) in [5.74, 6) is 0. The monoisotopic (exact) mass is 690 g/mol. The minimum absolute atomic E-state index is 0.367. The smallest absolute Gasteiger partial charge is 0.122 e. The number of fused-ring (bicyclic) bond motifs is 4. The van der Waals surface area contributed by atoms with Crippen molar-refractivity contribution in [3.8, 4) is 45.0 Å². The van der Waals surface area contributed by atoms with Gasteiger partial charge >= 0.3 is 0 Å². The molecule has 260 valence electrons. The van der Waals surface area contributed by atoms with Crippen LogP contribution in [-0.2, 0) is 26.9 Å². The van der Waals surface area contributed by atoms with Crippen LogP contribution in [0.3, 0.4) is 0 Å². The maximum Gasteiger partial charge on any atom is 0.122 e. The third-order valence-corrected chi connectivity index (χ3v) is 10.4. The lowest BCUT2D eigenvalue weighted by Gasteiger charge is -2.11. The van der Waals surface area contributed by atoms with Gasteiger partial charge in [0.1, 0.15) is 22.4 Å². The van der Waals surface area contributed by atoms with Crippen molar-refractivity contribution in [2.24, 2.45) is 14.1 Å². The Bertz CT molecular complexity index is 2460. The highest BCUT2D eigenvalue weighted by Crippen LogP contribution is 2.40. The number of nitrogens with one attached hydrogen (secondary N) is 2. The number of hydrogen-bond donors (Lipinski definition) is 4. The molecule has 0 saturated carbocycles. The Kier molecular flexibility index (Phi) is 7.60. The molecule has 2 aliphatic rings. The minimum Gasteiger partial charge on any atom is -0.388 e. The van der Waals surface area contributed by atoms with Crippen molar-refractivity contribution in [3.05, 3.63) is 107 Å². The molecular formula is C40H38N10O2. The van der Waals surface area contributed by atoms with E-state index in [-0.39, 0.29) is 12.2 Å². The first-order valence-electron chi connectivity index (χ1n) is 17.5. The normalized spacial score (nSPS) is 16.3. The standard InChI is InChI=1S/2C20H19N5O/c2*1-11-8-16-20(19(24-23-16)12-9-21-25(2)10-12)22-18(11)15-5-3-4-14-13(15)6-7-17(14)26/h2*3-5,8-10,17,26H,6-7H2,1-2H3,(H,23,24). The predicted octanol–water partition coefficient (Wildman–Crippen LogP) is 6.63. The van der Waals surface area contributed by atoms with Crippen LogP contribution in [0.2, 0.25) is 0 Å². The number of hydrogen-bond acceptors (Lipinski definition) is 8.